The van der Waals surface area contributed by atoms with Crippen LogP contribution in [-0.2, 0) is 20.7 Å². The normalized spacial score (nSPS) is 17.4. The van der Waals surface area contributed by atoms with Crippen molar-refractivity contribution >= 4 is 29.2 Å². The van der Waals surface area contributed by atoms with Crippen molar-refractivity contribution < 1.29 is 29.2 Å². The molecule has 172 valence electrons. The smallest absolute Gasteiger partial charge is 0.337 e. The average molecular weight is 460 g/mol. The molecule has 0 saturated heterocycles. The number of non-ortho nitro benzene ring substituents is 1. The molecule has 0 spiro atoms. The van der Waals surface area contributed by atoms with E-state index in [0.717, 1.165) is 0 Å². The number of carboxylic acid groups (broad SMARTS) is 1. The summed E-state index contributed by atoms with van der Waals surface area (Å²) in [7, 11) is 1.24. The van der Waals surface area contributed by atoms with Crippen LogP contribution >= 0.6 is 0 Å². The molecule has 9 heteroatoms. The molecule has 0 unspecified atom stereocenters. The summed E-state index contributed by atoms with van der Waals surface area (Å²) in [5.41, 5.74) is 1.83. The van der Waals surface area contributed by atoms with E-state index in [1.165, 1.54) is 48.4 Å². The van der Waals surface area contributed by atoms with Gasteiger partial charge in [-0.15, -0.1) is 0 Å². The lowest BCUT2D eigenvalue weighted by molar-refractivity contribution is -0.384. The van der Waals surface area contributed by atoms with Gasteiger partial charge in [-0.25, -0.2) is 4.79 Å². The zero-order valence-corrected chi connectivity index (χ0v) is 18.1. The van der Waals surface area contributed by atoms with Crippen LogP contribution in [0.2, 0.25) is 0 Å². The molecule has 34 heavy (non-hydrogen) atoms. The van der Waals surface area contributed by atoms with Gasteiger partial charge >= 0.3 is 11.9 Å². The minimum Gasteiger partial charge on any atom is -0.481 e. The van der Waals surface area contributed by atoms with E-state index >= 15 is 0 Å². The van der Waals surface area contributed by atoms with Gasteiger partial charge < -0.3 is 14.7 Å². The molecule has 0 saturated carbocycles. The first-order chi connectivity index (χ1) is 16.3. The number of esters is 1. The fraction of sp³-hybridized carbons (Fsp3) is 0.160. The number of amides is 1. The molecule has 1 aliphatic rings. The summed E-state index contributed by atoms with van der Waals surface area (Å²) in [6.45, 7) is 0. The molecule has 0 aliphatic carbocycles. The molecule has 0 bridgehead atoms. The number of ether oxygens (including phenoxy) is 1. The van der Waals surface area contributed by atoms with Crippen LogP contribution in [0.3, 0.4) is 0 Å². The van der Waals surface area contributed by atoms with Gasteiger partial charge in [-0.3, -0.25) is 19.7 Å². The maximum Gasteiger partial charge on any atom is 0.337 e. The van der Waals surface area contributed by atoms with Crippen LogP contribution in [0.4, 0.5) is 11.4 Å². The van der Waals surface area contributed by atoms with Gasteiger partial charge in [0, 0.05) is 17.8 Å². The molecule has 9 nitrogen and oxygen atoms in total. The molecule has 4 rings (SSSR count). The number of carboxylic acids is 1. The fourth-order valence-electron chi connectivity index (χ4n) is 4.33. The molecule has 0 fully saturated rings. The van der Waals surface area contributed by atoms with Gasteiger partial charge in [0.25, 0.3) is 5.69 Å². The Morgan fingerprint density at radius 2 is 1.76 bits per heavy atom. The molecule has 3 aromatic rings. The minimum absolute atomic E-state index is 0.0497. The van der Waals surface area contributed by atoms with E-state index in [0.29, 0.717) is 22.4 Å². The Bertz CT molecular complexity index is 1290. The average Bonchev–Trinajstić information content (AvgIpc) is 2.97. The van der Waals surface area contributed by atoms with Gasteiger partial charge in [0.1, 0.15) is 5.92 Å². The van der Waals surface area contributed by atoms with Crippen molar-refractivity contribution in [2.75, 3.05) is 12.0 Å². The number of carbonyl (C=O) groups excluding carboxylic acids is 2. The van der Waals surface area contributed by atoms with Crippen LogP contribution in [0.5, 0.6) is 0 Å². The summed E-state index contributed by atoms with van der Waals surface area (Å²) in [5, 5.41) is 21.4. The Morgan fingerprint density at radius 1 is 1.06 bits per heavy atom. The van der Waals surface area contributed by atoms with Crippen LogP contribution in [0.1, 0.15) is 39.0 Å². The van der Waals surface area contributed by atoms with E-state index in [1.54, 1.807) is 36.4 Å². The van der Waals surface area contributed by atoms with E-state index in [4.69, 9.17) is 4.74 Å². The van der Waals surface area contributed by atoms with Crippen LogP contribution in [0.15, 0.2) is 72.8 Å². The maximum absolute atomic E-state index is 13.6. The Hall–Kier alpha value is -4.53. The second-order valence-corrected chi connectivity index (χ2v) is 7.79. The van der Waals surface area contributed by atoms with Crippen molar-refractivity contribution in [3.05, 3.63) is 105 Å². The number of hydrogen-bond donors (Lipinski definition) is 1. The molecular weight excluding hydrogens is 440 g/mol. The Kier molecular flexibility index (Phi) is 6.09. The minimum atomic E-state index is -1.16. The highest BCUT2D eigenvalue weighted by Gasteiger charge is 2.42. The van der Waals surface area contributed by atoms with Crippen LogP contribution in [0, 0.1) is 10.1 Å². The Morgan fingerprint density at radius 3 is 2.41 bits per heavy atom. The molecule has 3 aromatic carbocycles. The maximum atomic E-state index is 13.6. The third-order valence-corrected chi connectivity index (χ3v) is 5.85. The van der Waals surface area contributed by atoms with Crippen molar-refractivity contribution in [1.29, 1.82) is 0 Å². The molecule has 0 aromatic heterocycles. The van der Waals surface area contributed by atoms with Crippen LogP contribution < -0.4 is 4.90 Å². The monoisotopic (exact) mass is 460 g/mol. The van der Waals surface area contributed by atoms with Crippen molar-refractivity contribution in [2.24, 2.45) is 0 Å². The number of fused-ring (bicyclic) bond motifs is 1. The zero-order valence-electron chi connectivity index (χ0n) is 18.1. The second kappa shape index (κ2) is 9.14. The van der Waals surface area contributed by atoms with Crippen molar-refractivity contribution in [2.45, 2.75) is 18.4 Å². The molecule has 0 radical (unpaired) electrons. The fourth-order valence-corrected chi connectivity index (χ4v) is 4.33. The number of nitro benzene ring substituents is 1. The largest absolute Gasteiger partial charge is 0.481 e. The number of nitro groups is 1. The first kappa shape index (κ1) is 22.7. The molecule has 1 N–H and O–H groups in total. The van der Waals surface area contributed by atoms with E-state index in [-0.39, 0.29) is 23.6 Å². The molecule has 1 amide bonds. The quantitative estimate of drug-likeness (QED) is 0.348. The van der Waals surface area contributed by atoms with Gasteiger partial charge in [0.2, 0.25) is 5.91 Å². The number of hydrogen-bond acceptors (Lipinski definition) is 6. The summed E-state index contributed by atoms with van der Waals surface area (Å²) >= 11 is 0. The number of aliphatic carboxylic acids is 1. The van der Waals surface area contributed by atoms with Crippen LogP contribution in [-0.4, -0.2) is 35.0 Å². The lowest BCUT2D eigenvalue weighted by atomic mass is 9.84. The summed E-state index contributed by atoms with van der Waals surface area (Å²) in [6.07, 6.45) is -0.0497. The van der Waals surface area contributed by atoms with E-state index < -0.39 is 28.8 Å². The molecule has 1 heterocycles. The summed E-state index contributed by atoms with van der Waals surface area (Å²) in [6, 6.07) is 17.5. The summed E-state index contributed by atoms with van der Waals surface area (Å²) in [4.78, 5) is 50.2. The number of carbonyl (C=O) groups is 3. The van der Waals surface area contributed by atoms with Gasteiger partial charge in [-0.2, -0.15) is 0 Å². The summed E-state index contributed by atoms with van der Waals surface area (Å²) in [5.74, 6) is -3.29. The highest BCUT2D eigenvalue weighted by atomic mass is 16.6. The Labute approximate surface area is 194 Å². The lowest BCUT2D eigenvalue weighted by Gasteiger charge is -2.34. The van der Waals surface area contributed by atoms with Crippen molar-refractivity contribution in [3.63, 3.8) is 0 Å². The molecular formula is C25H20N2O7. The predicted octanol–water partition coefficient (Wildman–Crippen LogP) is 3.88. The number of anilines is 1. The van der Waals surface area contributed by atoms with Gasteiger partial charge in [-0.1, -0.05) is 42.5 Å². The number of nitrogens with zero attached hydrogens (tertiary/aromatic N) is 2. The van der Waals surface area contributed by atoms with Crippen molar-refractivity contribution in [3.8, 4) is 0 Å². The van der Waals surface area contributed by atoms with E-state index in [9.17, 15) is 29.6 Å². The first-order valence-corrected chi connectivity index (χ1v) is 10.4. The third-order valence-electron chi connectivity index (χ3n) is 5.85. The van der Waals surface area contributed by atoms with Crippen LogP contribution in [0.25, 0.3) is 0 Å². The number of rotatable bonds is 5. The third kappa shape index (κ3) is 4.11. The SMILES string of the molecule is COC(=O)c1cccc(N2C(=O)Cc3ccccc3[C@H](C(=O)O)[C@H]2c2ccc([N+](=O)[O-])cc2)c1. The van der Waals surface area contributed by atoms with E-state index in [1.807, 2.05) is 0 Å². The predicted molar refractivity (Wildman–Crippen MR) is 122 cm³/mol. The summed E-state index contributed by atoms with van der Waals surface area (Å²) < 4.78 is 4.79. The first-order valence-electron chi connectivity index (χ1n) is 10.4. The highest BCUT2D eigenvalue weighted by Crippen LogP contribution is 2.43. The molecule has 1 aliphatic heterocycles. The lowest BCUT2D eigenvalue weighted by Crippen LogP contribution is -2.39. The number of benzene rings is 3. The van der Waals surface area contributed by atoms with Gasteiger partial charge in [0.15, 0.2) is 0 Å². The Balaban J connectivity index is 1.96. The van der Waals surface area contributed by atoms with E-state index in [2.05, 4.69) is 0 Å². The second-order valence-electron chi connectivity index (χ2n) is 7.79. The van der Waals surface area contributed by atoms with Gasteiger partial charge in [-0.05, 0) is 34.9 Å². The van der Waals surface area contributed by atoms with Gasteiger partial charge in [0.05, 0.1) is 30.1 Å². The zero-order chi connectivity index (χ0) is 24.4. The standard InChI is InChI=1S/C25H20N2O7/c1-34-25(31)17-6-4-7-19(13-17)26-21(28)14-16-5-2-3-8-20(16)22(24(29)30)23(26)15-9-11-18(12-10-15)27(32)33/h2-13,22-23H,14H2,1H3,(H,29,30)/t22-,23+/m0/s1. The van der Waals surface area contributed by atoms with Crippen molar-refractivity contribution in [1.82, 2.24) is 0 Å². The highest BCUT2D eigenvalue weighted by molar-refractivity contribution is 6.00. The molecule has 2 atom stereocenters. The topological polar surface area (TPSA) is 127 Å². The number of methoxy groups -OCH3 is 1.